The molecule has 0 radical (unpaired) electrons. The SMILES string of the molecule is C#CC(CCC)NCc1cc(-c2cccs2)cs1. The molecule has 3 heteroatoms. The third kappa shape index (κ3) is 3.46. The van der Waals surface area contributed by atoms with Crippen molar-refractivity contribution in [3.63, 3.8) is 0 Å². The van der Waals surface area contributed by atoms with E-state index in [-0.39, 0.29) is 6.04 Å². The van der Waals surface area contributed by atoms with Gasteiger partial charge in [-0.3, -0.25) is 5.32 Å². The van der Waals surface area contributed by atoms with E-state index in [9.17, 15) is 0 Å². The first kappa shape index (κ1) is 13.4. The smallest absolute Gasteiger partial charge is 0.0689 e. The molecule has 1 N–H and O–H groups in total. The first-order valence-corrected chi connectivity index (χ1v) is 7.90. The summed E-state index contributed by atoms with van der Waals surface area (Å²) in [7, 11) is 0. The van der Waals surface area contributed by atoms with Gasteiger partial charge in [0.1, 0.15) is 0 Å². The van der Waals surface area contributed by atoms with Gasteiger partial charge in [-0.2, -0.15) is 0 Å². The molecule has 1 unspecified atom stereocenters. The highest BCUT2D eigenvalue weighted by atomic mass is 32.1. The fourth-order valence-corrected chi connectivity index (χ4v) is 3.43. The maximum absolute atomic E-state index is 5.50. The predicted molar refractivity (Wildman–Crippen MR) is 82.0 cm³/mol. The molecule has 0 amide bonds. The second-order valence-electron chi connectivity index (χ2n) is 4.17. The van der Waals surface area contributed by atoms with Gasteiger partial charge in [0.25, 0.3) is 0 Å². The molecule has 0 spiro atoms. The van der Waals surface area contributed by atoms with Crippen LogP contribution in [0.2, 0.25) is 0 Å². The van der Waals surface area contributed by atoms with Crippen molar-refractivity contribution >= 4 is 22.7 Å². The van der Waals surface area contributed by atoms with E-state index in [1.165, 1.54) is 15.3 Å². The Kier molecular flexibility index (Phi) is 5.00. The van der Waals surface area contributed by atoms with E-state index >= 15 is 0 Å². The summed E-state index contributed by atoms with van der Waals surface area (Å²) in [5.41, 5.74) is 1.32. The molecule has 0 aliphatic carbocycles. The van der Waals surface area contributed by atoms with Crippen molar-refractivity contribution in [1.82, 2.24) is 5.32 Å². The molecule has 1 nitrogen and oxygen atoms in total. The van der Waals surface area contributed by atoms with E-state index in [0.717, 1.165) is 19.4 Å². The highest BCUT2D eigenvalue weighted by Crippen LogP contribution is 2.29. The topological polar surface area (TPSA) is 12.0 Å². The van der Waals surface area contributed by atoms with E-state index in [1.54, 1.807) is 22.7 Å². The number of thiophene rings is 2. The van der Waals surface area contributed by atoms with Crippen LogP contribution in [0.1, 0.15) is 24.6 Å². The predicted octanol–water partition coefficient (Wildman–Crippen LogP) is 4.37. The normalized spacial score (nSPS) is 12.2. The van der Waals surface area contributed by atoms with Crippen LogP contribution >= 0.6 is 22.7 Å². The molecule has 0 bridgehead atoms. The zero-order chi connectivity index (χ0) is 12.8. The lowest BCUT2D eigenvalue weighted by Crippen LogP contribution is -2.26. The molecule has 2 heterocycles. The van der Waals surface area contributed by atoms with Crippen LogP contribution in [-0.4, -0.2) is 6.04 Å². The largest absolute Gasteiger partial charge is 0.299 e. The lowest BCUT2D eigenvalue weighted by molar-refractivity contribution is 0.566. The summed E-state index contributed by atoms with van der Waals surface area (Å²) in [5.74, 6) is 2.80. The van der Waals surface area contributed by atoms with Gasteiger partial charge in [0.2, 0.25) is 0 Å². The number of nitrogens with one attached hydrogen (secondary N) is 1. The van der Waals surface area contributed by atoms with Crippen LogP contribution < -0.4 is 5.32 Å². The Morgan fingerprint density at radius 3 is 3.00 bits per heavy atom. The fraction of sp³-hybridized carbons (Fsp3) is 0.333. The van der Waals surface area contributed by atoms with Gasteiger partial charge in [0, 0.05) is 21.9 Å². The van der Waals surface area contributed by atoms with E-state index < -0.39 is 0 Å². The van der Waals surface area contributed by atoms with Gasteiger partial charge in [-0.05, 0) is 29.3 Å². The number of rotatable bonds is 6. The van der Waals surface area contributed by atoms with Crippen LogP contribution in [0.5, 0.6) is 0 Å². The van der Waals surface area contributed by atoms with Crippen molar-refractivity contribution in [2.45, 2.75) is 32.4 Å². The summed E-state index contributed by atoms with van der Waals surface area (Å²) >= 11 is 3.57. The lowest BCUT2D eigenvalue weighted by Gasteiger charge is -2.10. The van der Waals surface area contributed by atoms with Crippen LogP contribution in [-0.2, 0) is 6.54 Å². The van der Waals surface area contributed by atoms with E-state index in [2.05, 4.69) is 47.1 Å². The van der Waals surface area contributed by atoms with Crippen LogP contribution in [0.3, 0.4) is 0 Å². The Hall–Kier alpha value is -1.08. The Labute approximate surface area is 117 Å². The first-order valence-electron chi connectivity index (χ1n) is 6.14. The third-order valence-electron chi connectivity index (χ3n) is 2.76. The first-order chi connectivity index (χ1) is 8.83. The van der Waals surface area contributed by atoms with Crippen molar-refractivity contribution in [2.75, 3.05) is 0 Å². The molecule has 2 rings (SSSR count). The highest BCUT2D eigenvalue weighted by molar-refractivity contribution is 7.14. The van der Waals surface area contributed by atoms with Gasteiger partial charge in [0.15, 0.2) is 0 Å². The van der Waals surface area contributed by atoms with Gasteiger partial charge in [-0.1, -0.05) is 25.3 Å². The van der Waals surface area contributed by atoms with Gasteiger partial charge in [0.05, 0.1) is 6.04 Å². The molecule has 0 fully saturated rings. The van der Waals surface area contributed by atoms with Crippen LogP contribution in [0.4, 0.5) is 0 Å². The molecule has 18 heavy (non-hydrogen) atoms. The summed E-state index contributed by atoms with van der Waals surface area (Å²) in [6, 6.07) is 6.70. The zero-order valence-electron chi connectivity index (χ0n) is 10.5. The summed E-state index contributed by atoms with van der Waals surface area (Å²) in [6.45, 7) is 3.02. The molecular weight excluding hydrogens is 258 g/mol. The lowest BCUT2D eigenvalue weighted by atomic mass is 10.2. The maximum Gasteiger partial charge on any atom is 0.0689 e. The molecule has 94 valence electrons. The average Bonchev–Trinajstić information content (AvgIpc) is 3.04. The Bertz CT molecular complexity index is 505. The quantitative estimate of drug-likeness (QED) is 0.772. The molecule has 0 aliphatic heterocycles. The summed E-state index contributed by atoms with van der Waals surface area (Å²) in [5, 5.41) is 7.75. The van der Waals surface area contributed by atoms with Gasteiger partial charge in [-0.25, -0.2) is 0 Å². The van der Waals surface area contributed by atoms with Crippen LogP contribution in [0.25, 0.3) is 10.4 Å². The van der Waals surface area contributed by atoms with E-state index in [1.807, 2.05) is 0 Å². The van der Waals surface area contributed by atoms with E-state index in [0.29, 0.717) is 0 Å². The zero-order valence-corrected chi connectivity index (χ0v) is 12.1. The van der Waals surface area contributed by atoms with Gasteiger partial charge in [-0.15, -0.1) is 29.1 Å². The second kappa shape index (κ2) is 6.75. The van der Waals surface area contributed by atoms with E-state index in [4.69, 9.17) is 6.42 Å². The third-order valence-corrected chi connectivity index (χ3v) is 4.62. The summed E-state index contributed by atoms with van der Waals surface area (Å²) in [6.07, 6.45) is 7.66. The molecule has 0 saturated heterocycles. The van der Waals surface area contributed by atoms with Gasteiger partial charge >= 0.3 is 0 Å². The molecule has 0 saturated carbocycles. The van der Waals surface area contributed by atoms with Gasteiger partial charge < -0.3 is 0 Å². The van der Waals surface area contributed by atoms with Crippen LogP contribution in [0, 0.1) is 12.3 Å². The summed E-state index contributed by atoms with van der Waals surface area (Å²) < 4.78 is 0. The molecule has 1 atom stereocenters. The highest BCUT2D eigenvalue weighted by Gasteiger charge is 2.06. The molecule has 2 aromatic rings. The maximum atomic E-state index is 5.50. The van der Waals surface area contributed by atoms with Crippen molar-refractivity contribution in [2.24, 2.45) is 0 Å². The molecule has 0 aromatic carbocycles. The average molecular weight is 275 g/mol. The second-order valence-corrected chi connectivity index (χ2v) is 6.11. The van der Waals surface area contributed by atoms with Crippen molar-refractivity contribution in [3.05, 3.63) is 33.8 Å². The Balaban J connectivity index is 1.93. The standard InChI is InChI=1S/C15H17NS2/c1-3-6-13(4-2)16-10-14-9-12(11-18-14)15-7-5-8-17-15/h2,5,7-9,11,13,16H,3,6,10H2,1H3. The summed E-state index contributed by atoms with van der Waals surface area (Å²) in [4.78, 5) is 2.68. The Morgan fingerprint density at radius 1 is 1.44 bits per heavy atom. The monoisotopic (exact) mass is 275 g/mol. The van der Waals surface area contributed by atoms with Crippen molar-refractivity contribution in [1.29, 1.82) is 0 Å². The fourth-order valence-electron chi connectivity index (χ4n) is 1.80. The molecular formula is C15H17NS2. The minimum atomic E-state index is 0.197. The van der Waals surface area contributed by atoms with Crippen LogP contribution in [0.15, 0.2) is 29.0 Å². The van der Waals surface area contributed by atoms with Crippen molar-refractivity contribution in [3.8, 4) is 22.8 Å². The number of terminal acetylenes is 1. The molecule has 0 aliphatic rings. The molecule has 2 aromatic heterocycles. The number of hydrogen-bond donors (Lipinski definition) is 1. The Morgan fingerprint density at radius 2 is 2.33 bits per heavy atom. The minimum absolute atomic E-state index is 0.197. The number of hydrogen-bond acceptors (Lipinski definition) is 3. The minimum Gasteiger partial charge on any atom is -0.299 e. The van der Waals surface area contributed by atoms with Crippen molar-refractivity contribution < 1.29 is 0 Å².